The molecule has 0 saturated heterocycles. The summed E-state index contributed by atoms with van der Waals surface area (Å²) < 4.78 is 0. The highest BCUT2D eigenvalue weighted by Crippen LogP contribution is 2.12. The van der Waals surface area contributed by atoms with Gasteiger partial charge in [-0.1, -0.05) is 37.1 Å². The molecule has 0 heterocycles. The highest BCUT2D eigenvalue weighted by Gasteiger charge is 2.01. The standard InChI is InChI=1S/C14H19ClN2/c1-4-5-13(16-2)10-14(17-3)11-6-8-12(15)9-7-11/h6-10,16H,4-5H2,1-3H3/b13-10+,17-14+. The maximum atomic E-state index is 5.87. The lowest BCUT2D eigenvalue weighted by Gasteiger charge is -2.07. The number of allylic oxidation sites excluding steroid dienone is 2. The molecule has 17 heavy (non-hydrogen) atoms. The summed E-state index contributed by atoms with van der Waals surface area (Å²) in [5.74, 6) is 0. The number of nitrogens with one attached hydrogen (secondary N) is 1. The molecule has 0 aromatic heterocycles. The molecule has 0 radical (unpaired) electrons. The number of halogens is 1. The fraction of sp³-hybridized carbons (Fsp3) is 0.357. The Kier molecular flexibility index (Phi) is 5.78. The average molecular weight is 251 g/mol. The first kappa shape index (κ1) is 13.8. The maximum absolute atomic E-state index is 5.87. The Balaban J connectivity index is 2.96. The van der Waals surface area contributed by atoms with Crippen LogP contribution in [0.5, 0.6) is 0 Å². The molecule has 0 atom stereocenters. The van der Waals surface area contributed by atoms with E-state index in [2.05, 4.69) is 23.3 Å². The third-order valence-corrected chi connectivity index (χ3v) is 2.78. The van der Waals surface area contributed by atoms with Crippen molar-refractivity contribution in [3.8, 4) is 0 Å². The molecule has 0 saturated carbocycles. The molecule has 0 unspecified atom stereocenters. The minimum atomic E-state index is 0.746. The van der Waals surface area contributed by atoms with Crippen molar-refractivity contribution in [3.63, 3.8) is 0 Å². The lowest BCUT2D eigenvalue weighted by Crippen LogP contribution is -2.09. The number of nitrogens with zero attached hydrogens (tertiary/aromatic N) is 1. The molecule has 92 valence electrons. The van der Waals surface area contributed by atoms with Gasteiger partial charge >= 0.3 is 0 Å². The van der Waals surface area contributed by atoms with Gasteiger partial charge in [0.05, 0.1) is 5.71 Å². The third kappa shape index (κ3) is 4.23. The smallest absolute Gasteiger partial charge is 0.0660 e. The summed E-state index contributed by atoms with van der Waals surface area (Å²) in [5.41, 5.74) is 3.25. The number of aliphatic imine (C=N–C) groups is 1. The first-order valence-corrected chi connectivity index (χ1v) is 6.20. The summed E-state index contributed by atoms with van der Waals surface area (Å²) in [7, 11) is 3.75. The summed E-state index contributed by atoms with van der Waals surface area (Å²) in [6.45, 7) is 2.16. The van der Waals surface area contributed by atoms with E-state index in [0.717, 1.165) is 29.1 Å². The second-order valence-electron chi connectivity index (χ2n) is 3.79. The van der Waals surface area contributed by atoms with E-state index in [1.54, 1.807) is 7.05 Å². The Morgan fingerprint density at radius 1 is 1.35 bits per heavy atom. The van der Waals surface area contributed by atoms with Crippen LogP contribution in [-0.4, -0.2) is 19.8 Å². The first-order chi connectivity index (χ1) is 8.21. The minimum Gasteiger partial charge on any atom is -0.391 e. The molecule has 0 bridgehead atoms. The Bertz CT molecular complexity index is 405. The molecule has 0 spiro atoms. The number of hydrogen-bond acceptors (Lipinski definition) is 2. The van der Waals surface area contributed by atoms with Gasteiger partial charge in [-0.05, 0) is 30.2 Å². The fourth-order valence-electron chi connectivity index (χ4n) is 1.60. The van der Waals surface area contributed by atoms with Gasteiger partial charge in [0.1, 0.15) is 0 Å². The van der Waals surface area contributed by atoms with E-state index in [1.807, 2.05) is 31.3 Å². The monoisotopic (exact) mass is 250 g/mol. The van der Waals surface area contributed by atoms with Gasteiger partial charge in [0, 0.05) is 24.8 Å². The van der Waals surface area contributed by atoms with Crippen molar-refractivity contribution in [3.05, 3.63) is 46.6 Å². The summed E-state index contributed by atoms with van der Waals surface area (Å²) >= 11 is 5.87. The van der Waals surface area contributed by atoms with Crippen LogP contribution in [-0.2, 0) is 0 Å². The molecular formula is C14H19ClN2. The predicted molar refractivity (Wildman–Crippen MR) is 76.0 cm³/mol. The normalized spacial score (nSPS) is 12.7. The van der Waals surface area contributed by atoms with Gasteiger partial charge in [-0.3, -0.25) is 4.99 Å². The largest absolute Gasteiger partial charge is 0.391 e. The molecule has 1 aromatic rings. The van der Waals surface area contributed by atoms with Gasteiger partial charge in [-0.15, -0.1) is 0 Å². The van der Waals surface area contributed by atoms with Crippen molar-refractivity contribution in [2.24, 2.45) is 4.99 Å². The zero-order chi connectivity index (χ0) is 12.7. The van der Waals surface area contributed by atoms with Gasteiger partial charge in [0.25, 0.3) is 0 Å². The molecule has 0 fully saturated rings. The van der Waals surface area contributed by atoms with Crippen LogP contribution in [0.2, 0.25) is 5.02 Å². The van der Waals surface area contributed by atoms with Crippen LogP contribution in [0.3, 0.4) is 0 Å². The highest BCUT2D eigenvalue weighted by molar-refractivity contribution is 6.30. The van der Waals surface area contributed by atoms with E-state index >= 15 is 0 Å². The summed E-state index contributed by atoms with van der Waals surface area (Å²) in [4.78, 5) is 4.32. The van der Waals surface area contributed by atoms with Crippen LogP contribution in [0.15, 0.2) is 41.0 Å². The van der Waals surface area contributed by atoms with E-state index in [-0.39, 0.29) is 0 Å². The van der Waals surface area contributed by atoms with Crippen LogP contribution in [0, 0.1) is 0 Å². The Labute approximate surface area is 108 Å². The van der Waals surface area contributed by atoms with Gasteiger partial charge in [-0.25, -0.2) is 0 Å². The van der Waals surface area contributed by atoms with Crippen molar-refractivity contribution in [2.45, 2.75) is 19.8 Å². The van der Waals surface area contributed by atoms with Crippen molar-refractivity contribution >= 4 is 17.3 Å². The molecule has 1 rings (SSSR count). The lowest BCUT2D eigenvalue weighted by atomic mass is 10.1. The second-order valence-corrected chi connectivity index (χ2v) is 4.22. The summed E-state index contributed by atoms with van der Waals surface area (Å²) in [6.07, 6.45) is 4.24. The zero-order valence-electron chi connectivity index (χ0n) is 10.6. The Morgan fingerprint density at radius 2 is 2.00 bits per heavy atom. The third-order valence-electron chi connectivity index (χ3n) is 2.53. The molecule has 3 heteroatoms. The average Bonchev–Trinajstić information content (AvgIpc) is 2.36. The van der Waals surface area contributed by atoms with Crippen LogP contribution >= 0.6 is 11.6 Å². The van der Waals surface area contributed by atoms with E-state index in [4.69, 9.17) is 11.6 Å². The molecule has 1 N–H and O–H groups in total. The summed E-state index contributed by atoms with van der Waals surface area (Å²) in [6, 6.07) is 7.74. The van der Waals surface area contributed by atoms with Crippen LogP contribution in [0.1, 0.15) is 25.3 Å². The van der Waals surface area contributed by atoms with Gasteiger partial charge in [0.15, 0.2) is 0 Å². The maximum Gasteiger partial charge on any atom is 0.0660 e. The molecular weight excluding hydrogens is 232 g/mol. The number of hydrogen-bond donors (Lipinski definition) is 1. The molecule has 2 nitrogen and oxygen atoms in total. The van der Waals surface area contributed by atoms with Crippen molar-refractivity contribution in [2.75, 3.05) is 14.1 Å². The highest BCUT2D eigenvalue weighted by atomic mass is 35.5. The molecule has 0 aliphatic heterocycles. The quantitative estimate of drug-likeness (QED) is 0.793. The summed E-state index contributed by atoms with van der Waals surface area (Å²) in [5, 5.41) is 3.95. The first-order valence-electron chi connectivity index (χ1n) is 5.82. The number of rotatable bonds is 5. The van der Waals surface area contributed by atoms with E-state index in [9.17, 15) is 0 Å². The van der Waals surface area contributed by atoms with Gasteiger partial charge in [0.2, 0.25) is 0 Å². The van der Waals surface area contributed by atoms with E-state index in [1.165, 1.54) is 5.70 Å². The Hall–Kier alpha value is -1.28. The van der Waals surface area contributed by atoms with Crippen molar-refractivity contribution < 1.29 is 0 Å². The SMILES string of the molecule is CCC/C(=C\C(=N/C)c1ccc(Cl)cc1)NC. The van der Waals surface area contributed by atoms with E-state index < -0.39 is 0 Å². The predicted octanol–water partition coefficient (Wildman–Crippen LogP) is 3.66. The van der Waals surface area contributed by atoms with Gasteiger partial charge in [-0.2, -0.15) is 0 Å². The zero-order valence-corrected chi connectivity index (χ0v) is 11.4. The molecule has 0 aliphatic carbocycles. The van der Waals surface area contributed by atoms with Crippen molar-refractivity contribution in [1.82, 2.24) is 5.32 Å². The minimum absolute atomic E-state index is 0.746. The van der Waals surface area contributed by atoms with Crippen LogP contribution in [0.4, 0.5) is 0 Å². The van der Waals surface area contributed by atoms with Crippen LogP contribution < -0.4 is 5.32 Å². The topological polar surface area (TPSA) is 24.4 Å². The number of benzene rings is 1. The fourth-order valence-corrected chi connectivity index (χ4v) is 1.73. The molecule has 0 aliphatic rings. The molecule has 0 amide bonds. The Morgan fingerprint density at radius 3 is 2.47 bits per heavy atom. The lowest BCUT2D eigenvalue weighted by molar-refractivity contribution is 0.818. The van der Waals surface area contributed by atoms with Gasteiger partial charge < -0.3 is 5.32 Å². The van der Waals surface area contributed by atoms with E-state index in [0.29, 0.717) is 0 Å². The van der Waals surface area contributed by atoms with Crippen LogP contribution in [0.25, 0.3) is 0 Å². The van der Waals surface area contributed by atoms with Crippen molar-refractivity contribution in [1.29, 1.82) is 0 Å². The molecule has 1 aromatic carbocycles. The second kappa shape index (κ2) is 7.13.